The van der Waals surface area contributed by atoms with Crippen LogP contribution in [0.2, 0.25) is 0 Å². The van der Waals surface area contributed by atoms with Crippen molar-refractivity contribution in [2.75, 3.05) is 0 Å². The molecule has 1 nitrogen and oxygen atoms in total. The molecule has 1 aliphatic heterocycles. The van der Waals surface area contributed by atoms with E-state index in [1.165, 1.54) is 5.04 Å². The van der Waals surface area contributed by atoms with Gasteiger partial charge in [0.1, 0.15) is 0 Å². The maximum atomic E-state index is 4.93. The number of thioether (sulfide) groups is 1. The van der Waals surface area contributed by atoms with Gasteiger partial charge < -0.3 is 0 Å². The average molecular weight is 241 g/mol. The highest BCUT2D eigenvalue weighted by Crippen LogP contribution is 2.59. The van der Waals surface area contributed by atoms with E-state index in [1.54, 1.807) is 0 Å². The molecule has 0 N–H and O–H groups in total. The molecule has 2 heteroatoms. The Kier molecular flexibility index (Phi) is 3.09. The SMILES string of the molecule is CC1=NC(C)(C)C(C)(C)C(C)(C)C(C)(C)S1. The summed E-state index contributed by atoms with van der Waals surface area (Å²) >= 11 is 1.93. The number of rotatable bonds is 0. The van der Waals surface area contributed by atoms with Crippen molar-refractivity contribution in [2.24, 2.45) is 15.8 Å². The third kappa shape index (κ3) is 1.73. The van der Waals surface area contributed by atoms with Gasteiger partial charge in [0.25, 0.3) is 0 Å². The van der Waals surface area contributed by atoms with Gasteiger partial charge in [0.05, 0.1) is 10.6 Å². The van der Waals surface area contributed by atoms with Gasteiger partial charge in [0.15, 0.2) is 0 Å². The molecule has 0 saturated heterocycles. The van der Waals surface area contributed by atoms with Crippen LogP contribution in [-0.2, 0) is 0 Å². The molecule has 0 spiro atoms. The second kappa shape index (κ2) is 3.51. The Morgan fingerprint density at radius 2 is 1.25 bits per heavy atom. The molecule has 0 aromatic rings. The molecule has 0 bridgehead atoms. The predicted molar refractivity (Wildman–Crippen MR) is 76.4 cm³/mol. The highest BCUT2D eigenvalue weighted by Gasteiger charge is 2.56. The van der Waals surface area contributed by atoms with Crippen molar-refractivity contribution in [1.82, 2.24) is 0 Å². The summed E-state index contributed by atoms with van der Waals surface area (Å²) in [4.78, 5) is 4.93. The number of nitrogens with zero attached hydrogens (tertiary/aromatic N) is 1. The summed E-state index contributed by atoms with van der Waals surface area (Å²) in [7, 11) is 0. The summed E-state index contributed by atoms with van der Waals surface area (Å²) in [6, 6.07) is 0. The molecule has 0 aromatic heterocycles. The van der Waals surface area contributed by atoms with Gasteiger partial charge in [-0.1, -0.05) is 27.7 Å². The smallest absolute Gasteiger partial charge is 0.0657 e. The molecule has 0 aliphatic carbocycles. The van der Waals surface area contributed by atoms with Crippen LogP contribution in [0, 0.1) is 10.8 Å². The Bertz CT molecular complexity index is 322. The fraction of sp³-hybridized carbons (Fsp3) is 0.929. The molecule has 1 heterocycles. The van der Waals surface area contributed by atoms with Crippen molar-refractivity contribution in [3.63, 3.8) is 0 Å². The zero-order chi connectivity index (χ0) is 13.0. The molecule has 94 valence electrons. The van der Waals surface area contributed by atoms with Gasteiger partial charge in [-0.25, -0.2) is 0 Å². The van der Waals surface area contributed by atoms with Crippen molar-refractivity contribution in [3.05, 3.63) is 0 Å². The lowest BCUT2D eigenvalue weighted by Crippen LogP contribution is -2.54. The molecular weight excluding hydrogens is 214 g/mol. The molecule has 1 aliphatic rings. The monoisotopic (exact) mass is 241 g/mol. The molecule has 0 aromatic carbocycles. The highest BCUT2D eigenvalue weighted by atomic mass is 32.2. The van der Waals surface area contributed by atoms with Gasteiger partial charge in [-0.15, -0.1) is 11.8 Å². The molecule has 0 unspecified atom stereocenters. The normalized spacial score (nSPS) is 30.4. The maximum absolute atomic E-state index is 4.93. The number of aliphatic imine (C=N–C) groups is 1. The molecular formula is C14H27NS. The second-order valence-corrected chi connectivity index (χ2v) is 8.87. The minimum absolute atomic E-state index is 0.0125. The quantitative estimate of drug-likeness (QED) is 0.595. The van der Waals surface area contributed by atoms with Crippen molar-refractivity contribution in [3.8, 4) is 0 Å². The second-order valence-electron chi connectivity index (χ2n) is 7.05. The fourth-order valence-electron chi connectivity index (χ4n) is 2.57. The van der Waals surface area contributed by atoms with E-state index in [-0.39, 0.29) is 21.1 Å². The third-order valence-corrected chi connectivity index (χ3v) is 6.84. The van der Waals surface area contributed by atoms with Crippen LogP contribution < -0.4 is 0 Å². The zero-order valence-electron chi connectivity index (χ0n) is 12.4. The molecule has 0 amide bonds. The first kappa shape index (κ1) is 14.1. The summed E-state index contributed by atoms with van der Waals surface area (Å²) in [6.07, 6.45) is 0. The third-order valence-electron chi connectivity index (χ3n) is 5.44. The maximum Gasteiger partial charge on any atom is 0.0657 e. The lowest BCUT2D eigenvalue weighted by atomic mass is 9.54. The van der Waals surface area contributed by atoms with Gasteiger partial charge in [0.2, 0.25) is 0 Å². The minimum atomic E-state index is -0.0125. The van der Waals surface area contributed by atoms with E-state index in [0.29, 0.717) is 0 Å². The van der Waals surface area contributed by atoms with E-state index in [1.807, 2.05) is 11.8 Å². The van der Waals surface area contributed by atoms with Crippen LogP contribution >= 0.6 is 11.8 Å². The van der Waals surface area contributed by atoms with Crippen LogP contribution in [0.4, 0.5) is 0 Å². The first-order valence-corrected chi connectivity index (χ1v) is 6.92. The largest absolute Gasteiger partial charge is 0.277 e. The van der Waals surface area contributed by atoms with Crippen LogP contribution in [0.1, 0.15) is 62.3 Å². The lowest BCUT2D eigenvalue weighted by molar-refractivity contribution is 0.0144. The van der Waals surface area contributed by atoms with Crippen molar-refractivity contribution >= 4 is 16.8 Å². The first-order valence-electron chi connectivity index (χ1n) is 6.11. The standard InChI is InChI=1S/C14H27NS/c1-10-15-13(6,7)11(2,3)12(4,5)14(8,9)16-10/h1-9H3. The Balaban J connectivity index is 3.44. The van der Waals surface area contributed by atoms with Gasteiger partial charge in [-0.3, -0.25) is 4.99 Å². The first-order chi connectivity index (χ1) is 6.85. The molecule has 0 fully saturated rings. The minimum Gasteiger partial charge on any atom is -0.277 e. The van der Waals surface area contributed by atoms with E-state index >= 15 is 0 Å². The van der Waals surface area contributed by atoms with Crippen LogP contribution in [-0.4, -0.2) is 15.3 Å². The van der Waals surface area contributed by atoms with Crippen molar-refractivity contribution < 1.29 is 0 Å². The Hall–Kier alpha value is 0.0200. The van der Waals surface area contributed by atoms with Crippen LogP contribution in [0.5, 0.6) is 0 Å². The summed E-state index contributed by atoms with van der Waals surface area (Å²) in [5.74, 6) is 0. The summed E-state index contributed by atoms with van der Waals surface area (Å²) in [6.45, 7) is 20.9. The van der Waals surface area contributed by atoms with Gasteiger partial charge in [-0.2, -0.15) is 0 Å². The topological polar surface area (TPSA) is 12.4 Å². The average Bonchev–Trinajstić information content (AvgIpc) is 2.01. The van der Waals surface area contributed by atoms with Crippen molar-refractivity contribution in [2.45, 2.75) is 72.6 Å². The molecule has 16 heavy (non-hydrogen) atoms. The van der Waals surface area contributed by atoms with Gasteiger partial charge in [0, 0.05) is 4.75 Å². The summed E-state index contributed by atoms with van der Waals surface area (Å²) in [5, 5.41) is 1.22. The van der Waals surface area contributed by atoms with E-state index in [0.717, 1.165) is 0 Å². The lowest BCUT2D eigenvalue weighted by Gasteiger charge is -2.55. The molecule has 0 atom stereocenters. The predicted octanol–water partition coefficient (Wildman–Crippen LogP) is 4.76. The van der Waals surface area contributed by atoms with E-state index in [2.05, 4.69) is 62.3 Å². The summed E-state index contributed by atoms with van der Waals surface area (Å²) < 4.78 is 0.206. The molecule has 1 rings (SSSR count). The Morgan fingerprint density at radius 1 is 0.812 bits per heavy atom. The zero-order valence-corrected chi connectivity index (χ0v) is 13.2. The van der Waals surface area contributed by atoms with Crippen LogP contribution in [0.3, 0.4) is 0 Å². The number of hydrogen-bond donors (Lipinski definition) is 0. The van der Waals surface area contributed by atoms with Crippen molar-refractivity contribution in [1.29, 1.82) is 0 Å². The number of hydrogen-bond acceptors (Lipinski definition) is 2. The fourth-order valence-corrected chi connectivity index (χ4v) is 4.09. The van der Waals surface area contributed by atoms with Crippen LogP contribution in [0.15, 0.2) is 4.99 Å². The van der Waals surface area contributed by atoms with Crippen LogP contribution in [0.25, 0.3) is 0 Å². The Labute approximate surface area is 105 Å². The summed E-state index contributed by atoms with van der Waals surface area (Å²) in [5.41, 5.74) is 0.366. The van der Waals surface area contributed by atoms with E-state index in [4.69, 9.17) is 4.99 Å². The molecule has 0 radical (unpaired) electrons. The Morgan fingerprint density at radius 3 is 1.69 bits per heavy atom. The van der Waals surface area contributed by atoms with E-state index < -0.39 is 0 Å². The van der Waals surface area contributed by atoms with E-state index in [9.17, 15) is 0 Å². The van der Waals surface area contributed by atoms with Gasteiger partial charge >= 0.3 is 0 Å². The molecule has 0 saturated carbocycles. The van der Waals surface area contributed by atoms with Gasteiger partial charge in [-0.05, 0) is 45.4 Å². The highest BCUT2D eigenvalue weighted by molar-refractivity contribution is 8.15.